The molecule has 0 aliphatic heterocycles. The monoisotopic (exact) mass is 982 g/mol. The van der Waals surface area contributed by atoms with Crippen molar-refractivity contribution in [3.63, 3.8) is 0 Å². The molecule has 350 valence electrons. The average molecular weight is 983 g/mol. The van der Waals surface area contributed by atoms with Gasteiger partial charge in [-0.25, -0.2) is 18.1 Å². The zero-order chi connectivity index (χ0) is 47.1. The molecule has 2 atom stereocenters. The summed E-state index contributed by atoms with van der Waals surface area (Å²) in [4.78, 5) is 41.0. The van der Waals surface area contributed by atoms with E-state index in [0.29, 0.717) is 76.6 Å². The van der Waals surface area contributed by atoms with E-state index in [1.54, 1.807) is 76.8 Å². The van der Waals surface area contributed by atoms with Crippen LogP contribution in [-0.2, 0) is 24.8 Å². The quantitative estimate of drug-likeness (QED) is 0.0229. The summed E-state index contributed by atoms with van der Waals surface area (Å²) < 4.78 is 77.3. The van der Waals surface area contributed by atoms with Gasteiger partial charge in [0, 0.05) is 18.1 Å². The van der Waals surface area contributed by atoms with Gasteiger partial charge in [-0.15, -0.1) is 23.7 Å². The van der Waals surface area contributed by atoms with Gasteiger partial charge in [0.05, 0.1) is 25.2 Å². The number of guanidine groups is 2. The first-order chi connectivity index (χ1) is 29.7. The minimum absolute atomic E-state index is 0. The topological polar surface area (TPSA) is 303 Å². The summed E-state index contributed by atoms with van der Waals surface area (Å²) in [6.45, 7) is 10.8. The first kappa shape index (κ1) is 55.3. The van der Waals surface area contributed by atoms with Crippen LogP contribution in [0.4, 0.5) is 0 Å². The third-order valence-corrected chi connectivity index (χ3v) is 14.5. The Morgan fingerprint density at radius 2 is 1.16 bits per heavy atom. The number of aromatic nitrogens is 2. The maximum atomic E-state index is 12.9. The number of aliphatic imine (C=N–C) groups is 2. The first-order valence-electron chi connectivity index (χ1n) is 19.5. The summed E-state index contributed by atoms with van der Waals surface area (Å²) in [7, 11) is -4.12. The van der Waals surface area contributed by atoms with Crippen LogP contribution in [0.1, 0.15) is 78.7 Å². The number of carbonyl (C=O) groups is 2. The van der Waals surface area contributed by atoms with Crippen LogP contribution in [0, 0.1) is 41.5 Å². The number of ether oxygens (including phenoxy) is 2. The number of benzene rings is 2. The van der Waals surface area contributed by atoms with Crippen molar-refractivity contribution < 1.29 is 40.6 Å². The minimum atomic E-state index is -3.95. The predicted octanol–water partition coefficient (Wildman–Crippen LogP) is 3.38. The molecule has 0 fully saturated rings. The van der Waals surface area contributed by atoms with Crippen molar-refractivity contribution in [1.82, 2.24) is 24.7 Å². The number of nitrogens with two attached hydrogens (primary N) is 3. The summed E-state index contributed by atoms with van der Waals surface area (Å²) in [6, 6.07) is 2.06. The Labute approximate surface area is 389 Å². The molecule has 64 heavy (non-hydrogen) atoms. The fourth-order valence-electron chi connectivity index (χ4n) is 6.39. The number of thiazole rings is 2. The molecule has 9 N–H and O–H groups in total. The van der Waals surface area contributed by atoms with Crippen LogP contribution in [-0.4, -0.2) is 103 Å². The van der Waals surface area contributed by atoms with Crippen LogP contribution in [0.15, 0.2) is 55.1 Å². The number of nitrogens with one attached hydrogen (secondary N) is 3. The fraction of sp³-hybridized carbons (Fsp3) is 0.436. The maximum absolute atomic E-state index is 12.9. The zero-order valence-electron chi connectivity index (χ0n) is 36.9. The molecule has 2 heterocycles. The zero-order valence-corrected chi connectivity index (χ0v) is 41.0. The molecule has 0 aliphatic rings. The van der Waals surface area contributed by atoms with E-state index in [-0.39, 0.29) is 65.2 Å². The number of aryl methyl sites for hydroxylation is 2. The summed E-state index contributed by atoms with van der Waals surface area (Å²) in [6.07, 6.45) is 4.81. The number of nitrogens with zero attached hydrogens (tertiary/aromatic N) is 4. The van der Waals surface area contributed by atoms with Crippen LogP contribution in [0.25, 0.3) is 0 Å². The molecule has 25 heteroatoms. The van der Waals surface area contributed by atoms with Gasteiger partial charge in [-0.2, -0.15) is 0 Å². The van der Waals surface area contributed by atoms with E-state index in [0.717, 1.165) is 11.1 Å². The molecule has 0 unspecified atom stereocenters. The first-order valence-corrected chi connectivity index (χ1v) is 24.2. The molecule has 0 bridgehead atoms. The van der Waals surface area contributed by atoms with Crippen molar-refractivity contribution in [2.24, 2.45) is 27.2 Å². The average Bonchev–Trinajstić information content (AvgIpc) is 3.97. The van der Waals surface area contributed by atoms with E-state index in [4.69, 9.17) is 26.7 Å². The van der Waals surface area contributed by atoms with Crippen molar-refractivity contribution in [2.75, 3.05) is 33.8 Å². The van der Waals surface area contributed by atoms with E-state index in [9.17, 15) is 31.1 Å². The Balaban J connectivity index is 0.000000435. The number of rotatable bonds is 21. The van der Waals surface area contributed by atoms with Gasteiger partial charge in [0.1, 0.15) is 11.5 Å². The van der Waals surface area contributed by atoms with Gasteiger partial charge in [-0.3, -0.25) is 9.79 Å². The van der Waals surface area contributed by atoms with Crippen LogP contribution in [0.2, 0.25) is 0 Å². The van der Waals surface area contributed by atoms with Gasteiger partial charge >= 0.3 is 148 Å². The summed E-state index contributed by atoms with van der Waals surface area (Å²) >= 11 is 2.47. The van der Waals surface area contributed by atoms with Gasteiger partial charge in [0.25, 0.3) is 10.0 Å². The van der Waals surface area contributed by atoms with Gasteiger partial charge in [0.15, 0.2) is 5.01 Å². The van der Waals surface area contributed by atoms with E-state index in [1.807, 2.05) is 0 Å². The van der Waals surface area contributed by atoms with Crippen molar-refractivity contribution in [3.05, 3.63) is 78.7 Å². The summed E-state index contributed by atoms with van der Waals surface area (Å²) in [5.74, 6) is 0.340. The second kappa shape index (κ2) is 25.6. The number of sulfonamides is 2. The predicted molar refractivity (Wildman–Crippen MR) is 253 cm³/mol. The second-order valence-electron chi connectivity index (χ2n) is 14.1. The van der Waals surface area contributed by atoms with Crippen molar-refractivity contribution in [1.29, 1.82) is 0 Å². The number of hydrogen-bond donors (Lipinski definition) is 6. The molecule has 0 aliphatic carbocycles. The SMILES string of the molecule is COc1cc(C)c(S(=O)(=O)NC(N)=NCCC[C@@H](N)C(=O)c2nccs2)c(C)c1C.COc1cc(C)c(S(=O)(=O)NC(N)=NCCC[C@@H](NCB=O)C(=O)c2nccs2)c(C)c1C.Cl. The van der Waals surface area contributed by atoms with Crippen LogP contribution >= 0.6 is 35.1 Å². The molecule has 0 saturated carbocycles. The van der Waals surface area contributed by atoms with Gasteiger partial charge < -0.3 is 20.9 Å². The molecule has 0 saturated heterocycles. The van der Waals surface area contributed by atoms with E-state index in [2.05, 4.69) is 34.7 Å². The number of Topliss-reactive ketones (excluding diaryl/α,β-unsaturated/α-hetero) is 2. The van der Waals surface area contributed by atoms with E-state index < -0.39 is 32.1 Å². The molecule has 0 spiro atoms. The number of hydrogen-bond acceptors (Lipinski definition) is 17. The van der Waals surface area contributed by atoms with E-state index in [1.165, 1.54) is 36.9 Å². The summed E-state index contributed by atoms with van der Waals surface area (Å²) in [5.41, 5.74) is 21.2. The number of ketones is 2. The van der Waals surface area contributed by atoms with E-state index >= 15 is 0 Å². The smallest absolute Gasteiger partial charge is 0.147 e. The Kier molecular flexibility index (Phi) is 22.1. The molecule has 4 aromatic rings. The molecule has 0 radical (unpaired) electrons. The van der Waals surface area contributed by atoms with Crippen LogP contribution in [0.3, 0.4) is 0 Å². The molecule has 4 rings (SSSR count). The number of carbonyl (C=O) groups excluding carboxylic acids is 2. The van der Waals surface area contributed by atoms with Gasteiger partial charge in [-0.1, -0.05) is 0 Å². The normalized spacial score (nSPS) is 12.8. The second-order valence-corrected chi connectivity index (χ2v) is 19.1. The van der Waals surface area contributed by atoms with Crippen molar-refractivity contribution in [3.8, 4) is 11.5 Å². The minimum Gasteiger partial charge on any atom is -0.147 e. The molecule has 0 amide bonds. The van der Waals surface area contributed by atoms with Gasteiger partial charge in [0.2, 0.25) is 11.7 Å². The molecule has 2 aromatic carbocycles. The van der Waals surface area contributed by atoms with Crippen LogP contribution < -0.4 is 41.4 Å². The summed E-state index contributed by atoms with van der Waals surface area (Å²) in [5, 5.41) is 7.03. The Bertz CT molecular complexity index is 2510. The number of methoxy groups -OCH3 is 2. The molecular weight excluding hydrogens is 927 g/mol. The molecule has 19 nitrogen and oxygen atoms in total. The molecular formula is C39H56BClN10O9S4. The third kappa shape index (κ3) is 15.1. The van der Waals surface area contributed by atoms with Crippen molar-refractivity contribution in [2.45, 2.75) is 89.1 Å². The van der Waals surface area contributed by atoms with Gasteiger partial charge in [-0.05, 0) is 88.8 Å². The molecule has 2 aromatic heterocycles. The fourth-order valence-corrected chi connectivity index (χ4v) is 10.6. The number of halogens is 1. The Morgan fingerprint density at radius 1 is 0.734 bits per heavy atom. The Morgan fingerprint density at radius 3 is 1.55 bits per heavy atom. The van der Waals surface area contributed by atoms with Crippen LogP contribution in [0.5, 0.6) is 11.5 Å². The standard InChI is InChI=1S/C20H28BN5O5S2.C19H27N5O4S2.ClH/c1-12-10-16(31-4)13(2)14(3)18(12)33(29,30)26-20(22)24-7-5-6-15(25-11-21-28)17(27)19-23-8-9-32-19;1-11-10-15(28-4)12(2)13(3)17(11)30(26,27)24-19(21)23-7-5-6-14(20)16(25)18-22-8-9-29-18;/h8-10,15,25H,5-7,11H2,1-4H3,(H3,22,24,26);8-10,14H,5-7,20H2,1-4H3,(H3,21,23,24);1H/t15-;14-;/m11./s1. The Hall–Kier alpha value is -4.85. The van der Waals surface area contributed by atoms with Crippen molar-refractivity contribution >= 4 is 85.8 Å². The third-order valence-electron chi connectivity index (χ3n) is 9.69.